The fourth-order valence-corrected chi connectivity index (χ4v) is 5.00. The van der Waals surface area contributed by atoms with Crippen molar-refractivity contribution >= 4 is 46.4 Å². The second-order valence-corrected chi connectivity index (χ2v) is 8.70. The van der Waals surface area contributed by atoms with Crippen LogP contribution < -0.4 is 0 Å². The number of hydrogen-bond acceptors (Lipinski definition) is 0. The van der Waals surface area contributed by atoms with Crippen LogP contribution in [0.5, 0.6) is 0 Å². The van der Waals surface area contributed by atoms with Crippen molar-refractivity contribution in [3.8, 4) is 0 Å². The van der Waals surface area contributed by atoms with Gasteiger partial charge in [0.2, 0.25) is 0 Å². The molecule has 17 heavy (non-hydrogen) atoms. The van der Waals surface area contributed by atoms with Gasteiger partial charge in [-0.1, -0.05) is 72.6 Å². The van der Waals surface area contributed by atoms with E-state index in [9.17, 15) is 0 Å². The third-order valence-corrected chi connectivity index (χ3v) is 7.71. The van der Waals surface area contributed by atoms with Crippen molar-refractivity contribution < 1.29 is 0 Å². The van der Waals surface area contributed by atoms with Gasteiger partial charge in [0.05, 0.1) is 0 Å². The van der Waals surface area contributed by atoms with E-state index >= 15 is 0 Å². The van der Waals surface area contributed by atoms with Gasteiger partial charge in [0.15, 0.2) is 8.67 Å². The molecule has 0 N–H and O–H groups in total. The molecule has 0 spiro atoms. The lowest BCUT2D eigenvalue weighted by atomic mass is 9.62. The molecule has 0 nitrogen and oxygen atoms in total. The molecule has 0 bridgehead atoms. The molecule has 0 aromatic rings. The molecule has 1 unspecified atom stereocenters. The maximum absolute atomic E-state index is 6.61. The monoisotopic (exact) mass is 316 g/mol. The van der Waals surface area contributed by atoms with Crippen LogP contribution in [0.4, 0.5) is 0 Å². The highest BCUT2D eigenvalue weighted by molar-refractivity contribution is 6.62. The Hall–Kier alpha value is 1.16. The van der Waals surface area contributed by atoms with Gasteiger partial charge in [-0.25, -0.2) is 0 Å². The summed E-state index contributed by atoms with van der Waals surface area (Å²) in [7, 11) is 0. The molecule has 2 fully saturated rings. The van der Waals surface area contributed by atoms with E-state index in [0.717, 1.165) is 12.8 Å². The van der Waals surface area contributed by atoms with E-state index in [1.165, 1.54) is 32.1 Å². The molecule has 0 heterocycles. The predicted molar refractivity (Wildman–Crippen MR) is 77.4 cm³/mol. The third kappa shape index (κ3) is 2.33. The molecule has 1 atom stereocenters. The first-order valence-corrected chi connectivity index (χ1v) is 8.08. The molecule has 0 aromatic carbocycles. The van der Waals surface area contributed by atoms with Gasteiger partial charge < -0.3 is 0 Å². The maximum atomic E-state index is 6.61. The van der Waals surface area contributed by atoms with Gasteiger partial charge in [0.1, 0.15) is 0 Å². The van der Waals surface area contributed by atoms with E-state index in [-0.39, 0.29) is 5.41 Å². The van der Waals surface area contributed by atoms with Crippen molar-refractivity contribution in [2.24, 2.45) is 11.3 Å². The maximum Gasteiger partial charge on any atom is 0.156 e. The molecule has 0 aliphatic heterocycles. The van der Waals surface area contributed by atoms with E-state index < -0.39 is 8.67 Å². The molecule has 4 heteroatoms. The molecule has 2 aliphatic carbocycles. The zero-order valence-electron chi connectivity index (χ0n) is 10.2. The Morgan fingerprint density at radius 2 is 1.41 bits per heavy atom. The summed E-state index contributed by atoms with van der Waals surface area (Å²) in [6.07, 6.45) is 9.04. The minimum Gasteiger partial charge on any atom is -0.0983 e. The zero-order chi connectivity index (χ0) is 12.7. The number of hydrogen-bond donors (Lipinski definition) is 0. The van der Waals surface area contributed by atoms with Crippen LogP contribution in [0.1, 0.15) is 58.3 Å². The van der Waals surface area contributed by atoms with Gasteiger partial charge in [0, 0.05) is 5.41 Å². The second kappa shape index (κ2) is 4.93. The van der Waals surface area contributed by atoms with Crippen molar-refractivity contribution in [3.63, 3.8) is 0 Å². The zero-order valence-corrected chi connectivity index (χ0v) is 13.3. The van der Waals surface area contributed by atoms with Gasteiger partial charge in [-0.3, -0.25) is 0 Å². The Balaban J connectivity index is 2.27. The number of halogens is 4. The van der Waals surface area contributed by atoms with Crippen LogP contribution in [-0.2, 0) is 0 Å². The van der Waals surface area contributed by atoms with Gasteiger partial charge >= 0.3 is 0 Å². The summed E-state index contributed by atoms with van der Waals surface area (Å²) in [5.74, 6) is 0.559. The van der Waals surface area contributed by atoms with Gasteiger partial charge in [-0.2, -0.15) is 0 Å². The lowest BCUT2D eigenvalue weighted by Gasteiger charge is -2.55. The van der Waals surface area contributed by atoms with Gasteiger partial charge in [-0.15, -0.1) is 0 Å². The second-order valence-electron chi connectivity index (χ2n) is 5.88. The summed E-state index contributed by atoms with van der Waals surface area (Å²) < 4.78 is -2.05. The quantitative estimate of drug-likeness (QED) is 0.512. The lowest BCUT2D eigenvalue weighted by molar-refractivity contribution is 0.0713. The van der Waals surface area contributed by atoms with Crippen molar-refractivity contribution in [1.82, 2.24) is 0 Å². The molecule has 0 aromatic heterocycles. The van der Waals surface area contributed by atoms with Crippen LogP contribution in [-0.4, -0.2) is 8.67 Å². The van der Waals surface area contributed by atoms with Crippen molar-refractivity contribution in [2.75, 3.05) is 0 Å². The highest BCUT2D eigenvalue weighted by atomic mass is 35.5. The van der Waals surface area contributed by atoms with Crippen LogP contribution in [0.2, 0.25) is 0 Å². The van der Waals surface area contributed by atoms with Gasteiger partial charge in [-0.05, 0) is 38.0 Å². The Kier molecular flexibility index (Phi) is 4.22. The normalized spacial score (nSPS) is 37.9. The molecule has 2 saturated carbocycles. The fourth-order valence-electron chi connectivity index (χ4n) is 3.61. The molecule has 0 amide bonds. The highest BCUT2D eigenvalue weighted by Crippen LogP contribution is 2.64. The number of rotatable bonds is 1. The first-order chi connectivity index (χ1) is 7.81. The molecule has 100 valence electrons. The summed E-state index contributed by atoms with van der Waals surface area (Å²) >= 11 is 25.9. The smallest absolute Gasteiger partial charge is 0.0983 e. The molecule has 2 rings (SSSR count). The van der Waals surface area contributed by atoms with E-state index in [1.807, 2.05) is 0 Å². The van der Waals surface area contributed by atoms with E-state index in [0.29, 0.717) is 12.3 Å². The SMILES string of the molecule is CC1(C2CCCCC2)CCCC(Cl)(Cl)C1(Cl)Cl. The summed E-state index contributed by atoms with van der Waals surface area (Å²) in [5, 5.41) is 0. The minimum atomic E-state index is -1.04. The average molecular weight is 318 g/mol. The van der Waals surface area contributed by atoms with Crippen molar-refractivity contribution in [1.29, 1.82) is 0 Å². The highest BCUT2D eigenvalue weighted by Gasteiger charge is 2.62. The molecule has 0 saturated heterocycles. The van der Waals surface area contributed by atoms with Crippen LogP contribution in [0.25, 0.3) is 0 Å². The number of alkyl halides is 4. The first-order valence-electron chi connectivity index (χ1n) is 6.57. The minimum absolute atomic E-state index is 0.154. The van der Waals surface area contributed by atoms with Crippen LogP contribution >= 0.6 is 46.4 Å². The van der Waals surface area contributed by atoms with Crippen LogP contribution in [0.3, 0.4) is 0 Å². The average Bonchev–Trinajstić information content (AvgIpc) is 2.27. The molecular weight excluding hydrogens is 298 g/mol. The Bertz CT molecular complexity index is 281. The van der Waals surface area contributed by atoms with Crippen molar-refractivity contribution in [2.45, 2.75) is 67.0 Å². The largest absolute Gasteiger partial charge is 0.156 e. The first kappa shape index (κ1) is 14.6. The summed E-state index contributed by atoms with van der Waals surface area (Å²) in [5.41, 5.74) is -0.154. The van der Waals surface area contributed by atoms with Gasteiger partial charge in [0.25, 0.3) is 0 Å². The summed E-state index contributed by atoms with van der Waals surface area (Å²) in [6.45, 7) is 2.18. The van der Waals surface area contributed by atoms with Crippen molar-refractivity contribution in [3.05, 3.63) is 0 Å². The Morgan fingerprint density at radius 1 is 0.824 bits per heavy atom. The fraction of sp³-hybridized carbons (Fsp3) is 1.00. The molecular formula is C13H20Cl4. The van der Waals surface area contributed by atoms with Crippen LogP contribution in [0, 0.1) is 11.3 Å². The third-order valence-electron chi connectivity index (χ3n) is 4.87. The lowest BCUT2D eigenvalue weighted by Crippen LogP contribution is -2.56. The molecule has 0 radical (unpaired) electrons. The van der Waals surface area contributed by atoms with Crippen LogP contribution in [0.15, 0.2) is 0 Å². The molecule has 2 aliphatic rings. The Morgan fingerprint density at radius 3 is 2.00 bits per heavy atom. The topological polar surface area (TPSA) is 0 Å². The van der Waals surface area contributed by atoms with E-state index in [1.54, 1.807) is 0 Å². The standard InChI is InChI=1S/C13H20Cl4/c1-11(10-6-3-2-4-7-10)8-5-9-12(14,15)13(11,16)17/h10H,2-9H2,1H3. The van der Waals surface area contributed by atoms with E-state index in [2.05, 4.69) is 6.92 Å². The summed E-state index contributed by atoms with van der Waals surface area (Å²) in [6, 6.07) is 0. The predicted octanol–water partition coefficient (Wildman–Crippen LogP) is 6.10. The van der Waals surface area contributed by atoms with E-state index in [4.69, 9.17) is 46.4 Å². The summed E-state index contributed by atoms with van der Waals surface area (Å²) in [4.78, 5) is 0. The Labute approximate surface area is 124 Å².